The number of rotatable bonds is 4. The first-order valence-electron chi connectivity index (χ1n) is 8.49. The van der Waals surface area contributed by atoms with Gasteiger partial charge in [-0.25, -0.2) is 9.18 Å². The average Bonchev–Trinajstić information content (AvgIpc) is 2.53. The molecular formula is C18H24FN5O. The summed E-state index contributed by atoms with van der Waals surface area (Å²) in [5.74, 6) is -0.180. The van der Waals surface area contributed by atoms with Crippen LogP contribution in [0.25, 0.3) is 5.69 Å². The van der Waals surface area contributed by atoms with Crippen molar-refractivity contribution in [2.45, 2.75) is 31.7 Å². The molecule has 0 saturated carbocycles. The van der Waals surface area contributed by atoms with Gasteiger partial charge >= 0.3 is 5.69 Å². The van der Waals surface area contributed by atoms with Crippen molar-refractivity contribution in [2.75, 3.05) is 25.4 Å². The van der Waals surface area contributed by atoms with E-state index in [1.54, 1.807) is 12.1 Å². The van der Waals surface area contributed by atoms with E-state index in [9.17, 15) is 9.18 Å². The summed E-state index contributed by atoms with van der Waals surface area (Å²) in [7, 11) is 0. The minimum absolute atomic E-state index is 0.145. The van der Waals surface area contributed by atoms with Gasteiger partial charge in [0, 0.05) is 24.8 Å². The molecule has 1 aliphatic heterocycles. The van der Waals surface area contributed by atoms with E-state index < -0.39 is 5.69 Å². The van der Waals surface area contributed by atoms with Crippen molar-refractivity contribution in [3.05, 3.63) is 52.3 Å². The third kappa shape index (κ3) is 4.24. The Morgan fingerprint density at radius 1 is 1.36 bits per heavy atom. The second-order valence-electron chi connectivity index (χ2n) is 7.06. The Morgan fingerprint density at radius 3 is 2.84 bits per heavy atom. The Hall–Kier alpha value is -2.25. The molecule has 7 heteroatoms. The molecule has 0 bridgehead atoms. The van der Waals surface area contributed by atoms with Crippen LogP contribution in [0.4, 0.5) is 10.2 Å². The highest BCUT2D eigenvalue weighted by Crippen LogP contribution is 2.19. The molecule has 2 aromatic rings. The van der Waals surface area contributed by atoms with Gasteiger partial charge in [-0.2, -0.15) is 4.98 Å². The molecule has 0 radical (unpaired) electrons. The van der Waals surface area contributed by atoms with Gasteiger partial charge in [0.15, 0.2) is 0 Å². The van der Waals surface area contributed by atoms with Crippen LogP contribution in [0.5, 0.6) is 0 Å². The summed E-state index contributed by atoms with van der Waals surface area (Å²) < 4.78 is 15.7. The van der Waals surface area contributed by atoms with E-state index in [0.717, 1.165) is 32.5 Å². The van der Waals surface area contributed by atoms with Crippen molar-refractivity contribution in [3.63, 3.8) is 0 Å². The molecule has 2 heterocycles. The van der Waals surface area contributed by atoms with Gasteiger partial charge in [-0.3, -0.25) is 4.57 Å². The highest BCUT2D eigenvalue weighted by Gasteiger charge is 2.26. The summed E-state index contributed by atoms with van der Waals surface area (Å²) in [6.45, 7) is 4.66. The molecular weight excluding hydrogens is 321 g/mol. The van der Waals surface area contributed by atoms with Gasteiger partial charge in [0.25, 0.3) is 0 Å². The van der Waals surface area contributed by atoms with Gasteiger partial charge in [-0.05, 0) is 56.5 Å². The Bertz CT molecular complexity index is 817. The maximum Gasteiger partial charge on any atom is 0.354 e. The maximum absolute atomic E-state index is 14.4. The van der Waals surface area contributed by atoms with Crippen molar-refractivity contribution in [1.82, 2.24) is 14.5 Å². The van der Waals surface area contributed by atoms with Crippen LogP contribution in [-0.2, 0) is 6.42 Å². The van der Waals surface area contributed by atoms with Gasteiger partial charge < -0.3 is 16.4 Å². The fourth-order valence-electron chi connectivity index (χ4n) is 3.35. The number of hydrogen-bond donors (Lipinski definition) is 2. The van der Waals surface area contributed by atoms with Crippen LogP contribution < -0.4 is 17.2 Å². The molecule has 0 amide bonds. The van der Waals surface area contributed by atoms with Crippen LogP contribution in [0.2, 0.25) is 0 Å². The number of nitrogen functional groups attached to an aromatic ring is 1. The molecule has 1 saturated heterocycles. The summed E-state index contributed by atoms with van der Waals surface area (Å²) in [5.41, 5.74) is 12.1. The van der Waals surface area contributed by atoms with Crippen LogP contribution in [0.3, 0.4) is 0 Å². The van der Waals surface area contributed by atoms with Crippen LogP contribution >= 0.6 is 0 Å². The predicted octanol–water partition coefficient (Wildman–Crippen LogP) is 1.31. The van der Waals surface area contributed by atoms with E-state index in [0.29, 0.717) is 17.7 Å². The molecule has 1 aliphatic rings. The molecule has 1 unspecified atom stereocenters. The van der Waals surface area contributed by atoms with Gasteiger partial charge in [0.2, 0.25) is 0 Å². The molecule has 1 fully saturated rings. The van der Waals surface area contributed by atoms with Gasteiger partial charge in [0.1, 0.15) is 11.6 Å². The molecule has 134 valence electrons. The molecule has 1 aromatic heterocycles. The van der Waals surface area contributed by atoms with E-state index in [1.807, 2.05) is 0 Å². The quantitative estimate of drug-likeness (QED) is 0.872. The molecule has 1 aromatic carbocycles. The summed E-state index contributed by atoms with van der Waals surface area (Å²) >= 11 is 0. The second-order valence-corrected chi connectivity index (χ2v) is 7.06. The second kappa shape index (κ2) is 6.93. The number of benzene rings is 1. The number of likely N-dealkylation sites (tertiary alicyclic amines) is 1. The Labute approximate surface area is 146 Å². The monoisotopic (exact) mass is 345 g/mol. The number of piperidine rings is 1. The van der Waals surface area contributed by atoms with Gasteiger partial charge in [-0.15, -0.1) is 0 Å². The first-order valence-corrected chi connectivity index (χ1v) is 8.49. The Balaban J connectivity index is 1.71. The number of nitrogens with two attached hydrogens (primary N) is 2. The first-order chi connectivity index (χ1) is 11.8. The number of anilines is 1. The minimum atomic E-state index is -0.525. The fourth-order valence-corrected chi connectivity index (χ4v) is 3.35. The molecule has 3 rings (SSSR count). The third-order valence-electron chi connectivity index (χ3n) is 4.64. The van der Waals surface area contributed by atoms with Gasteiger partial charge in [0.05, 0.1) is 5.69 Å². The van der Waals surface area contributed by atoms with E-state index >= 15 is 0 Å². The molecule has 0 spiro atoms. The number of halogens is 1. The van der Waals surface area contributed by atoms with E-state index in [-0.39, 0.29) is 17.2 Å². The summed E-state index contributed by atoms with van der Waals surface area (Å²) in [4.78, 5) is 17.8. The third-order valence-corrected chi connectivity index (χ3v) is 4.64. The van der Waals surface area contributed by atoms with Crippen molar-refractivity contribution >= 4 is 5.82 Å². The summed E-state index contributed by atoms with van der Waals surface area (Å²) in [5, 5.41) is 0. The van der Waals surface area contributed by atoms with Crippen molar-refractivity contribution in [1.29, 1.82) is 0 Å². The maximum atomic E-state index is 14.4. The molecule has 0 aliphatic carbocycles. The molecule has 25 heavy (non-hydrogen) atoms. The molecule has 1 atom stereocenters. The smallest absolute Gasteiger partial charge is 0.354 e. The summed E-state index contributed by atoms with van der Waals surface area (Å²) in [6, 6.07) is 6.31. The number of aromatic nitrogens is 2. The fraction of sp³-hybridized carbons (Fsp3) is 0.444. The predicted molar refractivity (Wildman–Crippen MR) is 96.2 cm³/mol. The zero-order valence-corrected chi connectivity index (χ0v) is 14.4. The minimum Gasteiger partial charge on any atom is -0.383 e. The highest BCUT2D eigenvalue weighted by atomic mass is 19.1. The van der Waals surface area contributed by atoms with Gasteiger partial charge in [-0.1, -0.05) is 6.07 Å². The first kappa shape index (κ1) is 17.6. The topological polar surface area (TPSA) is 90.2 Å². The SMILES string of the molecule is CC1(N)CCCN(CCc2ccc(-n3ccc(N)nc3=O)cc2F)C1. The lowest BCUT2D eigenvalue weighted by atomic mass is 9.92. The Kier molecular flexibility index (Phi) is 4.87. The average molecular weight is 345 g/mol. The van der Waals surface area contributed by atoms with E-state index in [2.05, 4.69) is 16.8 Å². The Morgan fingerprint density at radius 2 is 2.16 bits per heavy atom. The largest absolute Gasteiger partial charge is 0.383 e. The van der Waals surface area contributed by atoms with E-state index in [1.165, 1.54) is 22.9 Å². The summed E-state index contributed by atoms with van der Waals surface area (Å²) in [6.07, 6.45) is 4.20. The van der Waals surface area contributed by atoms with Crippen LogP contribution in [0.1, 0.15) is 25.3 Å². The van der Waals surface area contributed by atoms with Crippen LogP contribution in [0, 0.1) is 5.82 Å². The normalized spacial score (nSPS) is 21.4. The van der Waals surface area contributed by atoms with Crippen LogP contribution in [0.15, 0.2) is 35.3 Å². The zero-order chi connectivity index (χ0) is 18.0. The van der Waals surface area contributed by atoms with Crippen molar-refractivity contribution in [3.8, 4) is 5.69 Å². The highest BCUT2D eigenvalue weighted by molar-refractivity contribution is 5.37. The lowest BCUT2D eigenvalue weighted by Crippen LogP contribution is -2.52. The lowest BCUT2D eigenvalue weighted by Gasteiger charge is -2.37. The lowest BCUT2D eigenvalue weighted by molar-refractivity contribution is 0.162. The van der Waals surface area contributed by atoms with Crippen LogP contribution in [-0.4, -0.2) is 39.6 Å². The number of nitrogens with zero attached hydrogens (tertiary/aromatic N) is 3. The number of hydrogen-bond acceptors (Lipinski definition) is 5. The van der Waals surface area contributed by atoms with Crippen molar-refractivity contribution in [2.24, 2.45) is 5.73 Å². The molecule has 4 N–H and O–H groups in total. The standard InChI is InChI=1S/C18H24FN5O/c1-18(21)7-2-8-23(12-18)9-5-13-3-4-14(11-15(13)19)24-10-6-16(20)22-17(24)25/h3-4,6,10-11H,2,5,7-9,12,21H2,1H3,(H2,20,22,25). The van der Waals surface area contributed by atoms with E-state index in [4.69, 9.17) is 11.5 Å². The van der Waals surface area contributed by atoms with Crippen molar-refractivity contribution < 1.29 is 4.39 Å². The zero-order valence-electron chi connectivity index (χ0n) is 14.4. The molecule has 6 nitrogen and oxygen atoms in total.